The molecule has 0 aliphatic carbocycles. The molecule has 1 atom stereocenters. The first-order chi connectivity index (χ1) is 9.69. The zero-order valence-corrected chi connectivity index (χ0v) is 11.8. The fourth-order valence-electron chi connectivity index (χ4n) is 2.05. The van der Waals surface area contributed by atoms with Crippen LogP contribution in [0.5, 0.6) is 5.75 Å². The summed E-state index contributed by atoms with van der Waals surface area (Å²) in [4.78, 5) is 12.0. The highest BCUT2D eigenvalue weighted by Gasteiger charge is 2.09. The first-order valence-electron chi connectivity index (χ1n) is 6.66. The third kappa shape index (κ3) is 3.85. The molecule has 0 saturated carbocycles. The van der Waals surface area contributed by atoms with E-state index in [0.29, 0.717) is 6.42 Å². The van der Waals surface area contributed by atoms with Crippen molar-refractivity contribution in [3.8, 4) is 5.75 Å². The van der Waals surface area contributed by atoms with Gasteiger partial charge >= 0.3 is 0 Å². The lowest BCUT2D eigenvalue weighted by Gasteiger charge is -2.14. The summed E-state index contributed by atoms with van der Waals surface area (Å²) in [5.41, 5.74) is 2.08. The number of hydrogen-bond donors (Lipinski definition) is 1. The van der Waals surface area contributed by atoms with Crippen LogP contribution in [0.1, 0.15) is 24.1 Å². The molecule has 2 rings (SSSR count). The number of nitrogens with one attached hydrogen (secondary N) is 1. The Morgan fingerprint density at radius 3 is 2.35 bits per heavy atom. The van der Waals surface area contributed by atoms with E-state index in [9.17, 15) is 4.79 Å². The number of ether oxygens (including phenoxy) is 1. The van der Waals surface area contributed by atoms with Crippen molar-refractivity contribution in [1.29, 1.82) is 0 Å². The lowest BCUT2D eigenvalue weighted by atomic mass is 10.1. The molecule has 2 aromatic carbocycles. The third-order valence-electron chi connectivity index (χ3n) is 3.20. The quantitative estimate of drug-likeness (QED) is 0.905. The van der Waals surface area contributed by atoms with Crippen LogP contribution in [0.2, 0.25) is 0 Å². The summed E-state index contributed by atoms with van der Waals surface area (Å²) in [6.45, 7) is 1.99. The average molecular weight is 269 g/mol. The van der Waals surface area contributed by atoms with Crippen LogP contribution in [0, 0.1) is 0 Å². The van der Waals surface area contributed by atoms with Gasteiger partial charge in [-0.1, -0.05) is 42.5 Å². The molecule has 0 fully saturated rings. The van der Waals surface area contributed by atoms with Crippen LogP contribution in [-0.4, -0.2) is 13.0 Å². The Bertz CT molecular complexity index is 549. The van der Waals surface area contributed by atoms with Crippen molar-refractivity contribution >= 4 is 5.91 Å². The Hall–Kier alpha value is -2.29. The number of hydrogen-bond acceptors (Lipinski definition) is 2. The Labute approximate surface area is 119 Å². The third-order valence-corrected chi connectivity index (χ3v) is 3.20. The zero-order valence-electron chi connectivity index (χ0n) is 11.8. The maximum Gasteiger partial charge on any atom is 0.224 e. The topological polar surface area (TPSA) is 38.3 Å². The molecule has 0 aliphatic heterocycles. The predicted octanol–water partition coefficient (Wildman–Crippen LogP) is 3.12. The summed E-state index contributed by atoms with van der Waals surface area (Å²) in [6, 6.07) is 17.5. The van der Waals surface area contributed by atoms with Crippen molar-refractivity contribution in [2.75, 3.05) is 7.11 Å². The van der Waals surface area contributed by atoms with Crippen molar-refractivity contribution in [2.45, 2.75) is 19.4 Å². The van der Waals surface area contributed by atoms with Crippen LogP contribution in [0.25, 0.3) is 0 Å². The van der Waals surface area contributed by atoms with Gasteiger partial charge in [0.2, 0.25) is 5.91 Å². The molecule has 0 unspecified atom stereocenters. The number of carbonyl (C=O) groups excluding carboxylic acids is 1. The van der Waals surface area contributed by atoms with E-state index in [1.807, 2.05) is 61.5 Å². The van der Waals surface area contributed by atoms with E-state index in [4.69, 9.17) is 4.74 Å². The van der Waals surface area contributed by atoms with Gasteiger partial charge in [-0.05, 0) is 30.2 Å². The zero-order chi connectivity index (χ0) is 14.4. The van der Waals surface area contributed by atoms with Crippen LogP contribution in [0.15, 0.2) is 54.6 Å². The summed E-state index contributed by atoms with van der Waals surface area (Å²) >= 11 is 0. The minimum atomic E-state index is 0.0157. The van der Waals surface area contributed by atoms with Crippen LogP contribution in [0.4, 0.5) is 0 Å². The van der Waals surface area contributed by atoms with Gasteiger partial charge in [0.15, 0.2) is 0 Å². The largest absolute Gasteiger partial charge is 0.497 e. The molecule has 0 radical (unpaired) electrons. The highest BCUT2D eigenvalue weighted by molar-refractivity contribution is 5.79. The van der Waals surface area contributed by atoms with Gasteiger partial charge in [0, 0.05) is 0 Å². The van der Waals surface area contributed by atoms with Gasteiger partial charge in [-0.3, -0.25) is 4.79 Å². The molecule has 1 amide bonds. The Morgan fingerprint density at radius 2 is 1.75 bits per heavy atom. The van der Waals surface area contributed by atoms with Crippen molar-refractivity contribution in [1.82, 2.24) is 5.32 Å². The summed E-state index contributed by atoms with van der Waals surface area (Å²) in [5, 5.41) is 3.00. The molecular weight excluding hydrogens is 250 g/mol. The van der Waals surface area contributed by atoms with Crippen molar-refractivity contribution in [3.63, 3.8) is 0 Å². The van der Waals surface area contributed by atoms with Gasteiger partial charge in [-0.25, -0.2) is 0 Å². The molecule has 0 aromatic heterocycles. The summed E-state index contributed by atoms with van der Waals surface area (Å²) in [5.74, 6) is 0.818. The Morgan fingerprint density at radius 1 is 1.10 bits per heavy atom. The van der Waals surface area contributed by atoms with Crippen molar-refractivity contribution < 1.29 is 9.53 Å². The number of benzene rings is 2. The number of amides is 1. The van der Waals surface area contributed by atoms with Gasteiger partial charge in [-0.15, -0.1) is 0 Å². The van der Waals surface area contributed by atoms with E-state index in [1.54, 1.807) is 7.11 Å². The van der Waals surface area contributed by atoms with Gasteiger partial charge in [-0.2, -0.15) is 0 Å². The number of carbonyl (C=O) groups is 1. The lowest BCUT2D eigenvalue weighted by molar-refractivity contribution is -0.121. The van der Waals surface area contributed by atoms with Crippen molar-refractivity contribution in [3.05, 3.63) is 65.7 Å². The smallest absolute Gasteiger partial charge is 0.224 e. The minimum Gasteiger partial charge on any atom is -0.497 e. The predicted molar refractivity (Wildman–Crippen MR) is 79.7 cm³/mol. The van der Waals surface area contributed by atoms with Crippen LogP contribution in [0.3, 0.4) is 0 Å². The Balaban J connectivity index is 1.91. The van der Waals surface area contributed by atoms with E-state index in [0.717, 1.165) is 16.9 Å². The maximum absolute atomic E-state index is 12.0. The fraction of sp³-hybridized carbons (Fsp3) is 0.235. The van der Waals surface area contributed by atoms with Gasteiger partial charge in [0.25, 0.3) is 0 Å². The van der Waals surface area contributed by atoms with E-state index < -0.39 is 0 Å². The summed E-state index contributed by atoms with van der Waals surface area (Å²) in [7, 11) is 1.63. The molecule has 0 aliphatic rings. The highest BCUT2D eigenvalue weighted by Crippen LogP contribution is 2.13. The molecule has 2 aromatic rings. The maximum atomic E-state index is 12.0. The second-order valence-corrected chi connectivity index (χ2v) is 4.72. The first kappa shape index (κ1) is 14.1. The van der Waals surface area contributed by atoms with Crippen LogP contribution >= 0.6 is 0 Å². The fourth-order valence-corrected chi connectivity index (χ4v) is 2.05. The van der Waals surface area contributed by atoms with E-state index in [-0.39, 0.29) is 11.9 Å². The monoisotopic (exact) mass is 269 g/mol. The number of methoxy groups -OCH3 is 1. The highest BCUT2D eigenvalue weighted by atomic mass is 16.5. The van der Waals surface area contributed by atoms with Crippen LogP contribution in [-0.2, 0) is 11.2 Å². The number of rotatable bonds is 5. The standard InChI is InChI=1S/C17H19NO2/c1-13(15-6-4-3-5-7-15)18-17(19)12-14-8-10-16(20-2)11-9-14/h3-11,13H,12H2,1-2H3,(H,18,19)/t13-/m1/s1. The van der Waals surface area contributed by atoms with E-state index in [1.165, 1.54) is 0 Å². The lowest BCUT2D eigenvalue weighted by Crippen LogP contribution is -2.28. The van der Waals surface area contributed by atoms with Gasteiger partial charge in [0.05, 0.1) is 19.6 Å². The molecule has 1 N–H and O–H groups in total. The molecule has 20 heavy (non-hydrogen) atoms. The van der Waals surface area contributed by atoms with Gasteiger partial charge in [0.1, 0.15) is 5.75 Å². The van der Waals surface area contributed by atoms with Crippen molar-refractivity contribution in [2.24, 2.45) is 0 Å². The molecule has 0 saturated heterocycles. The second-order valence-electron chi connectivity index (χ2n) is 4.72. The minimum absolute atomic E-state index is 0.0157. The molecule has 3 heteroatoms. The SMILES string of the molecule is COc1ccc(CC(=O)N[C@H](C)c2ccccc2)cc1. The molecule has 3 nitrogen and oxygen atoms in total. The second kappa shape index (κ2) is 6.75. The Kier molecular flexibility index (Phi) is 4.77. The van der Waals surface area contributed by atoms with E-state index in [2.05, 4.69) is 5.32 Å². The van der Waals surface area contributed by atoms with Gasteiger partial charge < -0.3 is 10.1 Å². The molecule has 104 valence electrons. The molecule has 0 spiro atoms. The van der Waals surface area contributed by atoms with E-state index >= 15 is 0 Å². The van der Waals surface area contributed by atoms with Crippen LogP contribution < -0.4 is 10.1 Å². The normalized spacial score (nSPS) is 11.7. The summed E-state index contributed by atoms with van der Waals surface area (Å²) in [6.07, 6.45) is 0.376. The molecule has 0 bridgehead atoms. The molecular formula is C17H19NO2. The average Bonchev–Trinajstić information content (AvgIpc) is 2.49. The summed E-state index contributed by atoms with van der Waals surface area (Å²) < 4.78 is 5.10. The first-order valence-corrected chi connectivity index (χ1v) is 6.66. The molecule has 0 heterocycles.